The minimum Gasteiger partial charge on any atom is -0.481 e. The number of hydrogen-bond donors (Lipinski definition) is 1. The molecule has 0 saturated heterocycles. The number of amides is 2. The fourth-order valence-corrected chi connectivity index (χ4v) is 5.04. The third-order valence-corrected chi connectivity index (χ3v) is 7.49. The average Bonchev–Trinajstić information content (AvgIpc) is 2.93. The topological polar surface area (TPSA) is 58.6 Å². The van der Waals surface area contributed by atoms with Crippen molar-refractivity contribution < 1.29 is 18.7 Å². The summed E-state index contributed by atoms with van der Waals surface area (Å²) in [5.41, 5.74) is 1.63. The second-order valence-corrected chi connectivity index (χ2v) is 10.4. The van der Waals surface area contributed by atoms with Gasteiger partial charge in [0.05, 0.1) is 10.0 Å². The molecule has 1 aliphatic rings. The standard InChI is InChI=1S/C30H31Cl2FN2O3/c31-24-16-15-22(17-25(24)32)19-35(29(36)20-38-28-14-8-7-13-26(28)33)27(18-21-9-3-1-4-10-21)30(37)34-23-11-5-2-6-12-23/h1,3-4,7-10,13-17,23,27H,2,5-6,11-12,18-20H2,(H,34,37)/t27-/m1/s1. The second-order valence-electron chi connectivity index (χ2n) is 9.54. The van der Waals surface area contributed by atoms with Crippen LogP contribution in [0.15, 0.2) is 72.8 Å². The van der Waals surface area contributed by atoms with Crippen molar-refractivity contribution in [2.75, 3.05) is 6.61 Å². The van der Waals surface area contributed by atoms with E-state index in [4.69, 9.17) is 27.9 Å². The van der Waals surface area contributed by atoms with Gasteiger partial charge >= 0.3 is 0 Å². The smallest absolute Gasteiger partial charge is 0.261 e. The first kappa shape index (κ1) is 27.9. The molecule has 1 fully saturated rings. The van der Waals surface area contributed by atoms with Gasteiger partial charge in [0.25, 0.3) is 5.91 Å². The highest BCUT2D eigenvalue weighted by molar-refractivity contribution is 6.42. The highest BCUT2D eigenvalue weighted by Gasteiger charge is 2.32. The van der Waals surface area contributed by atoms with Crippen molar-refractivity contribution in [3.05, 3.63) is 99.8 Å². The minimum atomic E-state index is -0.814. The molecule has 3 aromatic rings. The molecule has 1 saturated carbocycles. The molecule has 0 radical (unpaired) electrons. The number of rotatable bonds is 10. The van der Waals surface area contributed by atoms with E-state index in [0.29, 0.717) is 22.0 Å². The molecule has 38 heavy (non-hydrogen) atoms. The van der Waals surface area contributed by atoms with Gasteiger partial charge in [-0.1, -0.05) is 91.0 Å². The fraction of sp³-hybridized carbons (Fsp3) is 0.333. The van der Waals surface area contributed by atoms with E-state index in [9.17, 15) is 14.0 Å². The van der Waals surface area contributed by atoms with Crippen LogP contribution in [0, 0.1) is 5.82 Å². The average molecular weight is 557 g/mol. The molecule has 5 nitrogen and oxygen atoms in total. The van der Waals surface area contributed by atoms with E-state index in [2.05, 4.69) is 5.32 Å². The first-order valence-electron chi connectivity index (χ1n) is 12.9. The summed E-state index contributed by atoms with van der Waals surface area (Å²) in [7, 11) is 0. The number of hydrogen-bond acceptors (Lipinski definition) is 3. The first-order chi connectivity index (χ1) is 18.4. The zero-order valence-corrected chi connectivity index (χ0v) is 22.6. The Morgan fingerprint density at radius 1 is 0.921 bits per heavy atom. The summed E-state index contributed by atoms with van der Waals surface area (Å²) in [4.78, 5) is 28.9. The van der Waals surface area contributed by atoms with E-state index in [0.717, 1.165) is 37.7 Å². The molecular formula is C30H31Cl2FN2O3. The van der Waals surface area contributed by atoms with Gasteiger partial charge in [0.2, 0.25) is 5.91 Å². The van der Waals surface area contributed by atoms with Crippen LogP contribution in [0.2, 0.25) is 10.0 Å². The number of halogens is 3. The van der Waals surface area contributed by atoms with Crippen molar-refractivity contribution in [2.24, 2.45) is 0 Å². The lowest BCUT2D eigenvalue weighted by atomic mass is 9.94. The molecule has 4 rings (SSSR count). The Hall–Kier alpha value is -3.09. The van der Waals surface area contributed by atoms with Crippen LogP contribution in [0.1, 0.15) is 43.2 Å². The summed E-state index contributed by atoms with van der Waals surface area (Å²) in [6.45, 7) is -0.323. The van der Waals surface area contributed by atoms with Crippen molar-refractivity contribution in [1.82, 2.24) is 10.2 Å². The largest absolute Gasteiger partial charge is 0.481 e. The van der Waals surface area contributed by atoms with E-state index in [1.165, 1.54) is 17.0 Å². The number of benzene rings is 3. The minimum absolute atomic E-state index is 0.0263. The van der Waals surface area contributed by atoms with Crippen molar-refractivity contribution in [3.8, 4) is 5.75 Å². The summed E-state index contributed by atoms with van der Waals surface area (Å²) in [6.07, 6.45) is 5.44. The van der Waals surface area contributed by atoms with Gasteiger partial charge in [0.15, 0.2) is 18.2 Å². The molecule has 200 valence electrons. The molecule has 3 aromatic carbocycles. The zero-order chi connectivity index (χ0) is 26.9. The predicted octanol–water partition coefficient (Wildman–Crippen LogP) is 6.60. The molecule has 1 N–H and O–H groups in total. The summed E-state index contributed by atoms with van der Waals surface area (Å²) >= 11 is 12.4. The van der Waals surface area contributed by atoms with Gasteiger partial charge in [-0.05, 0) is 48.2 Å². The lowest BCUT2D eigenvalue weighted by Crippen LogP contribution is -2.53. The highest BCUT2D eigenvalue weighted by atomic mass is 35.5. The Balaban J connectivity index is 1.63. The van der Waals surface area contributed by atoms with Crippen LogP contribution in [0.5, 0.6) is 5.75 Å². The van der Waals surface area contributed by atoms with E-state index in [1.807, 2.05) is 30.3 Å². The van der Waals surface area contributed by atoms with Crippen LogP contribution < -0.4 is 10.1 Å². The van der Waals surface area contributed by atoms with Crippen LogP contribution in [0.3, 0.4) is 0 Å². The van der Waals surface area contributed by atoms with Crippen molar-refractivity contribution >= 4 is 35.0 Å². The van der Waals surface area contributed by atoms with Gasteiger partial charge in [-0.3, -0.25) is 9.59 Å². The molecule has 0 heterocycles. The molecule has 1 aliphatic carbocycles. The lowest BCUT2D eigenvalue weighted by Gasteiger charge is -2.33. The van der Waals surface area contributed by atoms with Crippen molar-refractivity contribution in [2.45, 2.75) is 57.2 Å². The van der Waals surface area contributed by atoms with Gasteiger partial charge < -0.3 is 15.0 Å². The molecule has 0 aromatic heterocycles. The predicted molar refractivity (Wildman–Crippen MR) is 148 cm³/mol. The molecule has 0 unspecified atom stereocenters. The van der Waals surface area contributed by atoms with E-state index in [1.54, 1.807) is 30.3 Å². The third-order valence-electron chi connectivity index (χ3n) is 6.75. The Bertz CT molecular complexity index is 1240. The first-order valence-corrected chi connectivity index (χ1v) is 13.6. The Morgan fingerprint density at radius 2 is 1.63 bits per heavy atom. The maximum atomic E-state index is 14.2. The Kier molecular flexibility index (Phi) is 10.0. The van der Waals surface area contributed by atoms with E-state index in [-0.39, 0.29) is 24.2 Å². The summed E-state index contributed by atoms with van der Waals surface area (Å²) in [5, 5.41) is 3.93. The van der Waals surface area contributed by atoms with Crippen LogP contribution >= 0.6 is 23.2 Å². The second kappa shape index (κ2) is 13.6. The molecule has 1 atom stereocenters. The molecule has 0 spiro atoms. The molecular weight excluding hydrogens is 526 g/mol. The number of carbonyl (C=O) groups is 2. The van der Waals surface area contributed by atoms with Gasteiger partial charge in [-0.25, -0.2) is 4.39 Å². The molecule has 8 heteroatoms. The molecule has 2 amide bonds. The Labute approximate surface area is 232 Å². The van der Waals surface area contributed by atoms with Gasteiger partial charge in [-0.2, -0.15) is 0 Å². The van der Waals surface area contributed by atoms with E-state index >= 15 is 0 Å². The van der Waals surface area contributed by atoms with Gasteiger partial charge in [0.1, 0.15) is 6.04 Å². The maximum Gasteiger partial charge on any atom is 0.261 e. The van der Waals surface area contributed by atoms with Crippen LogP contribution in [-0.2, 0) is 22.6 Å². The normalized spacial score (nSPS) is 14.5. The SMILES string of the molecule is O=C(NC1CCCCC1)[C@@H](Cc1ccccc1)N(Cc1ccc(Cl)c(Cl)c1)C(=O)COc1ccccc1F. The summed E-state index contributed by atoms with van der Waals surface area (Å²) in [6, 6.07) is 19.8. The van der Waals surface area contributed by atoms with Gasteiger partial charge in [0, 0.05) is 19.0 Å². The van der Waals surface area contributed by atoms with Crippen LogP contribution in [0.4, 0.5) is 4.39 Å². The maximum absolute atomic E-state index is 14.2. The number of ether oxygens (including phenoxy) is 1. The Morgan fingerprint density at radius 3 is 2.34 bits per heavy atom. The monoisotopic (exact) mass is 556 g/mol. The van der Waals surface area contributed by atoms with E-state index < -0.39 is 24.4 Å². The third kappa shape index (κ3) is 7.71. The molecule has 0 aliphatic heterocycles. The zero-order valence-electron chi connectivity index (χ0n) is 21.0. The quantitative estimate of drug-likeness (QED) is 0.306. The van der Waals surface area contributed by atoms with Crippen LogP contribution in [0.25, 0.3) is 0 Å². The van der Waals surface area contributed by atoms with Crippen molar-refractivity contribution in [1.29, 1.82) is 0 Å². The number of nitrogens with one attached hydrogen (secondary N) is 1. The number of carbonyl (C=O) groups excluding carboxylic acids is 2. The number of nitrogens with zero attached hydrogens (tertiary/aromatic N) is 1. The lowest BCUT2D eigenvalue weighted by molar-refractivity contribution is -0.143. The van der Waals surface area contributed by atoms with Crippen LogP contribution in [-0.4, -0.2) is 35.4 Å². The number of para-hydroxylation sites is 1. The summed E-state index contributed by atoms with van der Waals surface area (Å²) in [5.74, 6) is -1.26. The van der Waals surface area contributed by atoms with Crippen molar-refractivity contribution in [3.63, 3.8) is 0 Å². The summed E-state index contributed by atoms with van der Waals surface area (Å²) < 4.78 is 19.7. The van der Waals surface area contributed by atoms with Gasteiger partial charge in [-0.15, -0.1) is 0 Å². The molecule has 0 bridgehead atoms. The highest BCUT2D eigenvalue weighted by Crippen LogP contribution is 2.25. The fourth-order valence-electron chi connectivity index (χ4n) is 4.72.